The third-order valence-corrected chi connectivity index (χ3v) is 1.33. The summed E-state index contributed by atoms with van der Waals surface area (Å²) in [5, 5.41) is 6.91. The van der Waals surface area contributed by atoms with Gasteiger partial charge in [-0.3, -0.25) is 4.98 Å². The van der Waals surface area contributed by atoms with Gasteiger partial charge < -0.3 is 4.52 Å². The van der Waals surface area contributed by atoms with Gasteiger partial charge in [-0.25, -0.2) is 0 Å². The molecule has 0 aliphatic rings. The van der Waals surface area contributed by atoms with Gasteiger partial charge in [-0.15, -0.1) is 5.10 Å². The standard InChI is InChI=1S/C7H5N3O/c1-3-8-4-2-6(1)7-5-9-10-11-7/h1-5H. The van der Waals surface area contributed by atoms with Crippen molar-refractivity contribution in [1.82, 2.24) is 15.4 Å². The fraction of sp³-hybridized carbons (Fsp3) is 0. The molecule has 4 nitrogen and oxygen atoms in total. The molecule has 0 amide bonds. The molecule has 0 radical (unpaired) electrons. The van der Waals surface area contributed by atoms with Crippen molar-refractivity contribution < 1.29 is 4.52 Å². The lowest BCUT2D eigenvalue weighted by molar-refractivity contribution is 0.403. The van der Waals surface area contributed by atoms with Crippen LogP contribution in [0.5, 0.6) is 0 Å². The predicted octanol–water partition coefficient (Wildman–Crippen LogP) is 1.13. The molecule has 2 aromatic heterocycles. The summed E-state index contributed by atoms with van der Waals surface area (Å²) in [6.45, 7) is 0. The minimum absolute atomic E-state index is 0.660. The van der Waals surface area contributed by atoms with Gasteiger partial charge in [0.1, 0.15) is 0 Å². The van der Waals surface area contributed by atoms with Crippen LogP contribution < -0.4 is 0 Å². The molecule has 4 heteroatoms. The van der Waals surface area contributed by atoms with E-state index in [2.05, 4.69) is 15.4 Å². The number of nitrogens with zero attached hydrogens (tertiary/aromatic N) is 3. The Balaban J connectivity index is 2.46. The first-order valence-electron chi connectivity index (χ1n) is 3.14. The Morgan fingerprint density at radius 1 is 1.18 bits per heavy atom. The Kier molecular flexibility index (Phi) is 1.37. The molecular weight excluding hydrogens is 142 g/mol. The number of rotatable bonds is 1. The molecule has 0 unspecified atom stereocenters. The van der Waals surface area contributed by atoms with E-state index in [-0.39, 0.29) is 0 Å². The molecule has 0 aliphatic heterocycles. The van der Waals surface area contributed by atoms with E-state index in [9.17, 15) is 0 Å². The lowest BCUT2D eigenvalue weighted by Crippen LogP contribution is -1.73. The van der Waals surface area contributed by atoms with Gasteiger partial charge in [0.15, 0.2) is 5.76 Å². The van der Waals surface area contributed by atoms with E-state index in [0.29, 0.717) is 5.76 Å². The Labute approximate surface area is 62.9 Å². The molecule has 0 bridgehead atoms. The van der Waals surface area contributed by atoms with Gasteiger partial charge in [0.05, 0.1) is 6.20 Å². The van der Waals surface area contributed by atoms with E-state index in [1.165, 1.54) is 0 Å². The minimum Gasteiger partial charge on any atom is -0.337 e. The van der Waals surface area contributed by atoms with E-state index in [1.807, 2.05) is 12.1 Å². The third-order valence-electron chi connectivity index (χ3n) is 1.33. The molecule has 2 heterocycles. The molecule has 0 aliphatic carbocycles. The van der Waals surface area contributed by atoms with Gasteiger partial charge in [-0.1, -0.05) is 0 Å². The first-order chi connectivity index (χ1) is 5.47. The topological polar surface area (TPSA) is 51.8 Å². The van der Waals surface area contributed by atoms with Crippen LogP contribution in [0.25, 0.3) is 11.3 Å². The highest BCUT2D eigenvalue weighted by molar-refractivity contribution is 5.54. The second-order valence-electron chi connectivity index (χ2n) is 2.02. The monoisotopic (exact) mass is 147 g/mol. The van der Waals surface area contributed by atoms with Crippen LogP contribution in [0.15, 0.2) is 35.2 Å². The highest BCUT2D eigenvalue weighted by Crippen LogP contribution is 2.14. The molecule has 0 aromatic carbocycles. The van der Waals surface area contributed by atoms with E-state index in [1.54, 1.807) is 18.6 Å². The molecule has 0 N–H and O–H groups in total. The van der Waals surface area contributed by atoms with Gasteiger partial charge in [0.25, 0.3) is 0 Å². The number of aromatic nitrogens is 3. The maximum atomic E-state index is 4.83. The lowest BCUT2D eigenvalue weighted by Gasteiger charge is -1.89. The zero-order chi connectivity index (χ0) is 7.52. The molecule has 0 saturated heterocycles. The lowest BCUT2D eigenvalue weighted by atomic mass is 10.2. The second-order valence-corrected chi connectivity index (χ2v) is 2.02. The van der Waals surface area contributed by atoms with Crippen molar-refractivity contribution in [2.45, 2.75) is 0 Å². The Hall–Kier alpha value is -1.71. The van der Waals surface area contributed by atoms with Gasteiger partial charge in [0.2, 0.25) is 0 Å². The zero-order valence-electron chi connectivity index (χ0n) is 5.64. The van der Waals surface area contributed by atoms with Gasteiger partial charge in [-0.05, 0) is 12.1 Å². The maximum Gasteiger partial charge on any atom is 0.187 e. The van der Waals surface area contributed by atoms with E-state index < -0.39 is 0 Å². The third kappa shape index (κ3) is 1.10. The summed E-state index contributed by atoms with van der Waals surface area (Å²) in [5.41, 5.74) is 0.935. The molecule has 11 heavy (non-hydrogen) atoms. The number of hydrogen-bond acceptors (Lipinski definition) is 4. The predicted molar refractivity (Wildman–Crippen MR) is 37.5 cm³/mol. The van der Waals surface area contributed by atoms with Crippen LogP contribution in [0.3, 0.4) is 0 Å². The molecule has 2 aromatic rings. The summed E-state index contributed by atoms with van der Waals surface area (Å²) in [6, 6.07) is 3.67. The van der Waals surface area contributed by atoms with Crippen LogP contribution in [0.4, 0.5) is 0 Å². The summed E-state index contributed by atoms with van der Waals surface area (Å²) in [4.78, 5) is 3.87. The fourth-order valence-electron chi connectivity index (χ4n) is 0.811. The van der Waals surface area contributed by atoms with Crippen molar-refractivity contribution in [3.8, 4) is 11.3 Å². The number of pyridine rings is 1. The van der Waals surface area contributed by atoms with Crippen LogP contribution in [0.2, 0.25) is 0 Å². The maximum absolute atomic E-state index is 4.83. The summed E-state index contributed by atoms with van der Waals surface area (Å²) >= 11 is 0. The average Bonchev–Trinajstić information content (AvgIpc) is 2.58. The van der Waals surface area contributed by atoms with Crippen LogP contribution in [-0.2, 0) is 0 Å². The smallest absolute Gasteiger partial charge is 0.187 e. The highest BCUT2D eigenvalue weighted by Gasteiger charge is 1.99. The Bertz CT molecular complexity index is 317. The van der Waals surface area contributed by atoms with E-state index in [4.69, 9.17) is 4.52 Å². The van der Waals surface area contributed by atoms with Gasteiger partial charge in [-0.2, -0.15) is 0 Å². The van der Waals surface area contributed by atoms with E-state index in [0.717, 1.165) is 5.56 Å². The Morgan fingerprint density at radius 2 is 2.00 bits per heavy atom. The normalized spacial score (nSPS) is 9.82. The highest BCUT2D eigenvalue weighted by atomic mass is 16.5. The summed E-state index contributed by atoms with van der Waals surface area (Å²) in [6.07, 6.45) is 4.95. The zero-order valence-corrected chi connectivity index (χ0v) is 5.64. The fourth-order valence-corrected chi connectivity index (χ4v) is 0.811. The van der Waals surface area contributed by atoms with E-state index >= 15 is 0 Å². The van der Waals surface area contributed by atoms with Crippen molar-refractivity contribution in [3.05, 3.63) is 30.7 Å². The molecule has 54 valence electrons. The average molecular weight is 147 g/mol. The van der Waals surface area contributed by atoms with Crippen molar-refractivity contribution >= 4 is 0 Å². The summed E-state index contributed by atoms with van der Waals surface area (Å²) < 4.78 is 4.83. The van der Waals surface area contributed by atoms with Crippen molar-refractivity contribution in [3.63, 3.8) is 0 Å². The van der Waals surface area contributed by atoms with Gasteiger partial charge >= 0.3 is 0 Å². The van der Waals surface area contributed by atoms with Crippen LogP contribution in [-0.4, -0.2) is 15.4 Å². The second kappa shape index (κ2) is 2.49. The van der Waals surface area contributed by atoms with Crippen LogP contribution in [0.1, 0.15) is 0 Å². The molecular formula is C7H5N3O. The summed E-state index contributed by atoms with van der Waals surface area (Å²) in [5.74, 6) is 0.660. The Morgan fingerprint density at radius 3 is 2.64 bits per heavy atom. The molecule has 2 rings (SSSR count). The van der Waals surface area contributed by atoms with Crippen molar-refractivity contribution in [2.75, 3.05) is 0 Å². The van der Waals surface area contributed by atoms with Crippen LogP contribution >= 0.6 is 0 Å². The van der Waals surface area contributed by atoms with Gasteiger partial charge in [0, 0.05) is 23.2 Å². The first-order valence-corrected chi connectivity index (χ1v) is 3.14. The summed E-state index contributed by atoms with van der Waals surface area (Å²) in [7, 11) is 0. The largest absolute Gasteiger partial charge is 0.337 e. The molecule has 0 spiro atoms. The first kappa shape index (κ1) is 6.03. The molecule has 0 saturated carbocycles. The quantitative estimate of drug-likeness (QED) is 0.606. The van der Waals surface area contributed by atoms with Crippen molar-refractivity contribution in [1.29, 1.82) is 0 Å². The molecule has 0 fully saturated rings. The van der Waals surface area contributed by atoms with Crippen LogP contribution in [0, 0.1) is 0 Å². The number of hydrogen-bond donors (Lipinski definition) is 0. The SMILES string of the molecule is c1cc(-c2cnno2)ccn1. The minimum atomic E-state index is 0.660. The molecule has 0 atom stereocenters. The van der Waals surface area contributed by atoms with Crippen molar-refractivity contribution in [2.24, 2.45) is 0 Å².